The third kappa shape index (κ3) is 4.25. The third-order valence-electron chi connectivity index (χ3n) is 4.20. The van der Waals surface area contributed by atoms with E-state index >= 15 is 0 Å². The van der Waals surface area contributed by atoms with Crippen molar-refractivity contribution in [3.8, 4) is 0 Å². The molecule has 1 aliphatic carbocycles. The molecule has 0 radical (unpaired) electrons. The summed E-state index contributed by atoms with van der Waals surface area (Å²) >= 11 is 1.74. The van der Waals surface area contributed by atoms with Crippen LogP contribution < -0.4 is 5.32 Å². The second-order valence-corrected chi connectivity index (χ2v) is 6.98. The van der Waals surface area contributed by atoms with Gasteiger partial charge in [-0.3, -0.25) is 0 Å². The zero-order valence-corrected chi connectivity index (χ0v) is 13.1. The van der Waals surface area contributed by atoms with E-state index in [1.807, 2.05) is 0 Å². The zero-order chi connectivity index (χ0) is 13.8. The normalized spacial score (nSPS) is 24.1. The first-order valence-corrected chi connectivity index (χ1v) is 8.64. The molecule has 0 aromatic carbocycles. The summed E-state index contributed by atoms with van der Waals surface area (Å²) in [5.74, 6) is 0. The van der Waals surface area contributed by atoms with Crippen LogP contribution in [-0.4, -0.2) is 42.2 Å². The van der Waals surface area contributed by atoms with Crippen LogP contribution in [0.15, 0.2) is 5.38 Å². The minimum Gasteiger partial charge on any atom is -0.374 e. The van der Waals surface area contributed by atoms with Crippen molar-refractivity contribution >= 4 is 11.3 Å². The summed E-state index contributed by atoms with van der Waals surface area (Å²) in [6.45, 7) is 3.62. The largest absolute Gasteiger partial charge is 0.374 e. The predicted molar refractivity (Wildman–Crippen MR) is 81.9 cm³/mol. The Labute approximate surface area is 125 Å². The highest BCUT2D eigenvalue weighted by Crippen LogP contribution is 2.20. The number of hydrogen-bond acceptors (Lipinski definition) is 5. The highest BCUT2D eigenvalue weighted by molar-refractivity contribution is 7.09. The van der Waals surface area contributed by atoms with E-state index in [-0.39, 0.29) is 0 Å². The first-order valence-electron chi connectivity index (χ1n) is 7.76. The molecule has 0 amide bonds. The molecule has 1 saturated heterocycles. The number of ether oxygens (including phenoxy) is 1. The summed E-state index contributed by atoms with van der Waals surface area (Å²) in [5.41, 5.74) is 1.08. The van der Waals surface area contributed by atoms with E-state index in [4.69, 9.17) is 4.74 Å². The summed E-state index contributed by atoms with van der Waals surface area (Å²) < 4.78 is 5.86. The van der Waals surface area contributed by atoms with Crippen molar-refractivity contribution < 1.29 is 4.74 Å². The van der Waals surface area contributed by atoms with Crippen LogP contribution in [0.2, 0.25) is 0 Å². The molecule has 0 spiro atoms. The van der Waals surface area contributed by atoms with Crippen molar-refractivity contribution in [1.29, 1.82) is 0 Å². The van der Waals surface area contributed by atoms with Gasteiger partial charge in [0.15, 0.2) is 0 Å². The van der Waals surface area contributed by atoms with Gasteiger partial charge in [-0.15, -0.1) is 11.3 Å². The summed E-state index contributed by atoms with van der Waals surface area (Å²) in [6, 6.07) is 1.35. The highest BCUT2D eigenvalue weighted by atomic mass is 32.1. The maximum absolute atomic E-state index is 5.86. The van der Waals surface area contributed by atoms with Gasteiger partial charge < -0.3 is 15.0 Å². The maximum atomic E-state index is 5.86. The minimum atomic E-state index is 0.596. The van der Waals surface area contributed by atoms with Crippen LogP contribution in [0.5, 0.6) is 0 Å². The van der Waals surface area contributed by atoms with Crippen LogP contribution in [0, 0.1) is 0 Å². The lowest BCUT2D eigenvalue weighted by atomic mass is 10.0. The molecular formula is C15H25N3OS. The summed E-state index contributed by atoms with van der Waals surface area (Å²) in [5, 5.41) is 6.82. The smallest absolute Gasteiger partial charge is 0.107 e. The number of piperidine rings is 1. The third-order valence-corrected chi connectivity index (χ3v) is 5.10. The van der Waals surface area contributed by atoms with Gasteiger partial charge in [0.2, 0.25) is 0 Å². The zero-order valence-electron chi connectivity index (χ0n) is 12.3. The van der Waals surface area contributed by atoms with Gasteiger partial charge in [-0.1, -0.05) is 6.42 Å². The first kappa shape index (κ1) is 14.4. The van der Waals surface area contributed by atoms with Crippen LogP contribution in [0.3, 0.4) is 0 Å². The fourth-order valence-corrected chi connectivity index (χ4v) is 3.40. The van der Waals surface area contributed by atoms with Gasteiger partial charge in [-0.25, -0.2) is 4.98 Å². The average Bonchev–Trinajstić information content (AvgIpc) is 3.18. The van der Waals surface area contributed by atoms with Gasteiger partial charge in [-0.05, 0) is 39.3 Å². The van der Waals surface area contributed by atoms with Gasteiger partial charge in [-0.2, -0.15) is 0 Å². The van der Waals surface area contributed by atoms with Gasteiger partial charge in [0.25, 0.3) is 0 Å². The van der Waals surface area contributed by atoms with Gasteiger partial charge in [0.1, 0.15) is 5.01 Å². The molecule has 3 rings (SSSR count). The molecule has 2 heterocycles. The Kier molecular flexibility index (Phi) is 5.04. The van der Waals surface area contributed by atoms with E-state index in [1.54, 1.807) is 11.3 Å². The molecule has 1 atom stereocenters. The van der Waals surface area contributed by atoms with Crippen molar-refractivity contribution in [2.45, 2.75) is 57.3 Å². The van der Waals surface area contributed by atoms with E-state index in [1.165, 1.54) is 43.7 Å². The van der Waals surface area contributed by atoms with Crippen LogP contribution >= 0.6 is 11.3 Å². The Hall–Kier alpha value is -0.490. The molecule has 112 valence electrons. The molecule has 5 heteroatoms. The van der Waals surface area contributed by atoms with Crippen LogP contribution in [0.1, 0.15) is 42.8 Å². The van der Waals surface area contributed by atoms with E-state index in [9.17, 15) is 0 Å². The quantitative estimate of drug-likeness (QED) is 0.838. The lowest BCUT2D eigenvalue weighted by Gasteiger charge is -2.32. The monoisotopic (exact) mass is 295 g/mol. The van der Waals surface area contributed by atoms with E-state index < -0.39 is 0 Å². The minimum absolute atomic E-state index is 0.596. The van der Waals surface area contributed by atoms with E-state index in [0.717, 1.165) is 24.9 Å². The fraction of sp³-hybridized carbons (Fsp3) is 0.800. The molecule has 1 aromatic rings. The Morgan fingerprint density at radius 2 is 2.30 bits per heavy atom. The average molecular weight is 295 g/mol. The lowest BCUT2D eigenvalue weighted by molar-refractivity contribution is 0.0432. The molecule has 1 aliphatic heterocycles. The number of nitrogens with one attached hydrogen (secondary N) is 1. The number of hydrogen-bond donors (Lipinski definition) is 1. The molecule has 2 aliphatic rings. The Bertz CT molecular complexity index is 419. The molecule has 2 fully saturated rings. The Morgan fingerprint density at radius 1 is 1.40 bits per heavy atom. The van der Waals surface area contributed by atoms with Crippen LogP contribution in [0.25, 0.3) is 0 Å². The molecule has 1 aromatic heterocycles. The van der Waals surface area contributed by atoms with E-state index in [0.29, 0.717) is 12.6 Å². The molecule has 1 saturated carbocycles. The van der Waals surface area contributed by atoms with Gasteiger partial charge in [0, 0.05) is 24.0 Å². The SMILES string of the molecule is CN1CCCCC1COCc1csc(CNC2CC2)n1. The number of aromatic nitrogens is 1. The lowest BCUT2D eigenvalue weighted by Crippen LogP contribution is -2.39. The second kappa shape index (κ2) is 6.98. The van der Waals surface area contributed by atoms with Crippen LogP contribution in [0.4, 0.5) is 0 Å². The summed E-state index contributed by atoms with van der Waals surface area (Å²) in [6.07, 6.45) is 6.60. The standard InChI is InChI=1S/C15H25N3OS/c1-18-7-3-2-4-14(18)10-19-9-13-11-20-15(17-13)8-16-12-5-6-12/h11-12,14,16H,2-10H2,1H3. The summed E-state index contributed by atoms with van der Waals surface area (Å²) in [7, 11) is 2.21. The van der Waals surface area contributed by atoms with Crippen molar-refractivity contribution in [2.24, 2.45) is 0 Å². The highest BCUT2D eigenvalue weighted by Gasteiger charge is 2.21. The molecule has 4 nitrogen and oxygen atoms in total. The predicted octanol–water partition coefficient (Wildman–Crippen LogP) is 2.40. The molecular weight excluding hydrogens is 270 g/mol. The Balaban J connectivity index is 1.37. The molecule has 1 N–H and O–H groups in total. The first-order chi connectivity index (χ1) is 9.81. The maximum Gasteiger partial charge on any atom is 0.107 e. The van der Waals surface area contributed by atoms with Crippen molar-refractivity contribution in [2.75, 3.05) is 20.2 Å². The second-order valence-electron chi connectivity index (χ2n) is 6.03. The molecule has 0 bridgehead atoms. The molecule has 20 heavy (non-hydrogen) atoms. The van der Waals surface area contributed by atoms with Crippen molar-refractivity contribution in [3.05, 3.63) is 16.1 Å². The number of thiazole rings is 1. The van der Waals surface area contributed by atoms with Gasteiger partial charge in [0.05, 0.1) is 18.9 Å². The topological polar surface area (TPSA) is 37.4 Å². The summed E-state index contributed by atoms with van der Waals surface area (Å²) in [4.78, 5) is 7.06. The molecule has 1 unspecified atom stereocenters. The number of nitrogens with zero attached hydrogens (tertiary/aromatic N) is 2. The van der Waals surface area contributed by atoms with E-state index in [2.05, 4.69) is 27.6 Å². The number of rotatable bonds is 7. The van der Waals surface area contributed by atoms with Crippen LogP contribution in [-0.2, 0) is 17.9 Å². The van der Waals surface area contributed by atoms with Crippen molar-refractivity contribution in [3.63, 3.8) is 0 Å². The number of likely N-dealkylation sites (tertiary alicyclic amines) is 1. The van der Waals surface area contributed by atoms with Crippen molar-refractivity contribution in [1.82, 2.24) is 15.2 Å². The number of likely N-dealkylation sites (N-methyl/N-ethyl adjacent to an activating group) is 1. The Morgan fingerprint density at radius 3 is 3.10 bits per heavy atom. The van der Waals surface area contributed by atoms with Gasteiger partial charge >= 0.3 is 0 Å². The fourth-order valence-electron chi connectivity index (χ4n) is 2.67.